The van der Waals surface area contributed by atoms with Gasteiger partial charge in [0, 0.05) is 6.04 Å². The number of hydrogen-bond donors (Lipinski definition) is 1. The van der Waals surface area contributed by atoms with E-state index in [1.165, 1.54) is 32.1 Å². The average Bonchev–Trinajstić information content (AvgIpc) is 2.28. The Morgan fingerprint density at radius 2 is 1.82 bits per heavy atom. The molecule has 1 unspecified atom stereocenters. The van der Waals surface area contributed by atoms with Crippen molar-refractivity contribution in [3.8, 4) is 12.3 Å². The fourth-order valence-electron chi connectivity index (χ4n) is 2.91. The Balaban J connectivity index is 2.35. The second-order valence-corrected chi connectivity index (χ2v) is 6.59. The molecule has 0 spiro atoms. The third-order valence-electron chi connectivity index (χ3n) is 4.17. The zero-order valence-corrected chi connectivity index (χ0v) is 12.1. The van der Waals surface area contributed by atoms with Gasteiger partial charge in [-0.2, -0.15) is 0 Å². The van der Waals surface area contributed by atoms with Crippen LogP contribution in [0.4, 0.5) is 0 Å². The number of terminal acetylenes is 1. The Hall–Kier alpha value is -0.480. The van der Waals surface area contributed by atoms with Crippen molar-refractivity contribution in [3.05, 3.63) is 0 Å². The first-order valence-electron chi connectivity index (χ1n) is 7.19. The Kier molecular flexibility index (Phi) is 5.53. The molecule has 0 saturated heterocycles. The van der Waals surface area contributed by atoms with Crippen molar-refractivity contribution >= 4 is 0 Å². The molecule has 1 aliphatic carbocycles. The van der Waals surface area contributed by atoms with Gasteiger partial charge in [-0.1, -0.05) is 40.0 Å². The van der Waals surface area contributed by atoms with Gasteiger partial charge in [0.1, 0.15) is 0 Å². The van der Waals surface area contributed by atoms with E-state index in [4.69, 9.17) is 6.42 Å². The van der Waals surface area contributed by atoms with Gasteiger partial charge in [0.05, 0.1) is 6.04 Å². The molecule has 0 heterocycles. The summed E-state index contributed by atoms with van der Waals surface area (Å²) in [6.45, 7) is 9.30. The lowest BCUT2D eigenvalue weighted by atomic mass is 9.71. The molecule has 0 amide bonds. The standard InChI is InChI=1S/C16H29N/c1-6-8-14(7-2)17-15-11-9-13(10-12-15)16(3,4)5/h2,13-15,17H,6,8-12H2,1,3-5H3. The maximum atomic E-state index is 5.56. The Labute approximate surface area is 108 Å². The van der Waals surface area contributed by atoms with Gasteiger partial charge >= 0.3 is 0 Å². The third kappa shape index (κ3) is 4.72. The van der Waals surface area contributed by atoms with Gasteiger partial charge in [-0.05, 0) is 43.4 Å². The lowest BCUT2D eigenvalue weighted by molar-refractivity contribution is 0.158. The molecule has 1 aliphatic rings. The highest BCUT2D eigenvalue weighted by atomic mass is 14.9. The van der Waals surface area contributed by atoms with E-state index in [0.29, 0.717) is 11.5 Å². The molecule has 0 radical (unpaired) electrons. The summed E-state index contributed by atoms with van der Waals surface area (Å²) >= 11 is 0. The van der Waals surface area contributed by atoms with Gasteiger partial charge in [-0.25, -0.2) is 0 Å². The third-order valence-corrected chi connectivity index (χ3v) is 4.17. The molecule has 1 fully saturated rings. The number of hydrogen-bond acceptors (Lipinski definition) is 1. The van der Waals surface area contributed by atoms with Crippen molar-refractivity contribution in [1.29, 1.82) is 0 Å². The molecule has 1 rings (SSSR count). The van der Waals surface area contributed by atoms with E-state index >= 15 is 0 Å². The molecule has 0 aromatic rings. The number of rotatable bonds is 4. The molecule has 1 saturated carbocycles. The normalized spacial score (nSPS) is 27.5. The fraction of sp³-hybridized carbons (Fsp3) is 0.875. The van der Waals surface area contributed by atoms with Gasteiger partial charge in [-0.15, -0.1) is 6.42 Å². The zero-order valence-electron chi connectivity index (χ0n) is 12.1. The molecule has 17 heavy (non-hydrogen) atoms. The van der Waals surface area contributed by atoms with Crippen molar-refractivity contribution in [1.82, 2.24) is 5.32 Å². The molecule has 1 N–H and O–H groups in total. The highest BCUT2D eigenvalue weighted by molar-refractivity contribution is 5.00. The van der Waals surface area contributed by atoms with Crippen molar-refractivity contribution in [2.75, 3.05) is 0 Å². The minimum atomic E-state index is 0.288. The lowest BCUT2D eigenvalue weighted by Gasteiger charge is -2.38. The van der Waals surface area contributed by atoms with Crippen LogP contribution in [0.2, 0.25) is 0 Å². The molecule has 1 heteroatoms. The van der Waals surface area contributed by atoms with Crippen LogP contribution in [0.25, 0.3) is 0 Å². The maximum absolute atomic E-state index is 5.56. The topological polar surface area (TPSA) is 12.0 Å². The molecule has 1 nitrogen and oxygen atoms in total. The van der Waals surface area contributed by atoms with Gasteiger partial charge in [0.2, 0.25) is 0 Å². The van der Waals surface area contributed by atoms with E-state index in [2.05, 4.69) is 38.9 Å². The lowest BCUT2D eigenvalue weighted by Crippen LogP contribution is -2.41. The Morgan fingerprint density at radius 3 is 2.24 bits per heavy atom. The molecule has 0 aromatic heterocycles. The highest BCUT2D eigenvalue weighted by Crippen LogP contribution is 2.37. The molecule has 1 atom stereocenters. The Morgan fingerprint density at radius 1 is 1.24 bits per heavy atom. The van der Waals surface area contributed by atoms with E-state index in [9.17, 15) is 0 Å². The molecule has 0 aromatic carbocycles. The summed E-state index contributed by atoms with van der Waals surface area (Å²) in [6, 6.07) is 0.942. The van der Waals surface area contributed by atoms with Crippen molar-refractivity contribution in [3.63, 3.8) is 0 Å². The van der Waals surface area contributed by atoms with Crippen LogP contribution >= 0.6 is 0 Å². The summed E-state index contributed by atoms with van der Waals surface area (Å²) in [6.07, 6.45) is 13.1. The van der Waals surface area contributed by atoms with E-state index in [0.717, 1.165) is 12.3 Å². The van der Waals surface area contributed by atoms with E-state index in [1.807, 2.05) is 0 Å². The maximum Gasteiger partial charge on any atom is 0.0688 e. The summed E-state index contributed by atoms with van der Waals surface area (Å²) in [4.78, 5) is 0. The number of nitrogens with one attached hydrogen (secondary N) is 1. The molecule has 0 bridgehead atoms. The molecule has 98 valence electrons. The van der Waals surface area contributed by atoms with Crippen molar-refractivity contribution in [2.24, 2.45) is 11.3 Å². The summed E-state index contributed by atoms with van der Waals surface area (Å²) < 4.78 is 0. The van der Waals surface area contributed by atoms with E-state index in [-0.39, 0.29) is 6.04 Å². The predicted molar refractivity (Wildman–Crippen MR) is 75.9 cm³/mol. The minimum Gasteiger partial charge on any atom is -0.301 e. The summed E-state index contributed by atoms with van der Waals surface area (Å²) in [7, 11) is 0. The van der Waals surface area contributed by atoms with Crippen LogP contribution in [-0.4, -0.2) is 12.1 Å². The largest absolute Gasteiger partial charge is 0.301 e. The minimum absolute atomic E-state index is 0.288. The van der Waals surface area contributed by atoms with Gasteiger partial charge in [0.15, 0.2) is 0 Å². The van der Waals surface area contributed by atoms with Crippen molar-refractivity contribution in [2.45, 2.75) is 78.3 Å². The van der Waals surface area contributed by atoms with Crippen LogP contribution in [0.3, 0.4) is 0 Å². The zero-order chi connectivity index (χ0) is 12.9. The summed E-state index contributed by atoms with van der Waals surface area (Å²) in [5.74, 6) is 3.77. The summed E-state index contributed by atoms with van der Waals surface area (Å²) in [5.41, 5.74) is 0.472. The molecular weight excluding hydrogens is 206 g/mol. The van der Waals surface area contributed by atoms with Gasteiger partial charge in [-0.3, -0.25) is 0 Å². The monoisotopic (exact) mass is 235 g/mol. The van der Waals surface area contributed by atoms with E-state index in [1.54, 1.807) is 0 Å². The predicted octanol–water partition coefficient (Wildman–Crippen LogP) is 3.98. The smallest absolute Gasteiger partial charge is 0.0688 e. The first-order valence-corrected chi connectivity index (χ1v) is 7.19. The first kappa shape index (κ1) is 14.6. The molecule has 0 aliphatic heterocycles. The second kappa shape index (κ2) is 6.45. The van der Waals surface area contributed by atoms with Crippen LogP contribution in [0.1, 0.15) is 66.2 Å². The van der Waals surface area contributed by atoms with Crippen LogP contribution in [0, 0.1) is 23.7 Å². The van der Waals surface area contributed by atoms with Crippen LogP contribution in [0.15, 0.2) is 0 Å². The van der Waals surface area contributed by atoms with Crippen LogP contribution in [-0.2, 0) is 0 Å². The average molecular weight is 235 g/mol. The van der Waals surface area contributed by atoms with Crippen molar-refractivity contribution < 1.29 is 0 Å². The SMILES string of the molecule is C#CC(CCC)NC1CCC(C(C)(C)C)CC1. The summed E-state index contributed by atoms with van der Waals surface area (Å²) in [5, 5.41) is 3.64. The second-order valence-electron chi connectivity index (χ2n) is 6.59. The van der Waals surface area contributed by atoms with E-state index < -0.39 is 0 Å². The Bertz CT molecular complexity index is 248. The van der Waals surface area contributed by atoms with Gasteiger partial charge < -0.3 is 5.32 Å². The van der Waals surface area contributed by atoms with Gasteiger partial charge in [0.25, 0.3) is 0 Å². The fourth-order valence-corrected chi connectivity index (χ4v) is 2.91. The quantitative estimate of drug-likeness (QED) is 0.727. The highest BCUT2D eigenvalue weighted by Gasteiger charge is 2.29. The van der Waals surface area contributed by atoms with Crippen LogP contribution in [0.5, 0.6) is 0 Å². The first-order chi connectivity index (χ1) is 7.97. The van der Waals surface area contributed by atoms with Crippen LogP contribution < -0.4 is 5.32 Å². The molecular formula is C16H29N.